The zero-order valence-corrected chi connectivity index (χ0v) is 23.2. The van der Waals surface area contributed by atoms with Gasteiger partial charge in [0.05, 0.1) is 21.4 Å². The van der Waals surface area contributed by atoms with E-state index in [2.05, 4.69) is 28.1 Å². The van der Waals surface area contributed by atoms with Crippen molar-refractivity contribution in [1.29, 1.82) is 5.41 Å². The fourth-order valence-corrected chi connectivity index (χ4v) is 6.50. The summed E-state index contributed by atoms with van der Waals surface area (Å²) in [4.78, 5) is 9.24. The van der Waals surface area contributed by atoms with E-state index >= 15 is 0 Å². The second-order valence-electron chi connectivity index (χ2n) is 9.68. The van der Waals surface area contributed by atoms with Crippen LogP contribution in [0.1, 0.15) is 29.7 Å². The Morgan fingerprint density at radius 2 is 2.03 bits per heavy atom. The van der Waals surface area contributed by atoms with Crippen LogP contribution in [0.2, 0.25) is 10.0 Å². The fraction of sp³-hybridized carbons (Fsp3) is 0.407. The van der Waals surface area contributed by atoms with Gasteiger partial charge in [-0.15, -0.1) is 24.2 Å². The quantitative estimate of drug-likeness (QED) is 0.144. The Kier molecular flexibility index (Phi) is 8.24. The van der Waals surface area contributed by atoms with Crippen LogP contribution < -0.4 is 0 Å². The molecule has 8 heteroatoms. The number of nitrogens with zero attached hydrogens (tertiary/aromatic N) is 3. The van der Waals surface area contributed by atoms with E-state index in [1.54, 1.807) is 0 Å². The molecule has 1 aliphatic carbocycles. The number of aryl methyl sites for hydroxylation is 1. The smallest absolute Gasteiger partial charge is 0.129 e. The fourth-order valence-electron chi connectivity index (χ4n) is 5.34. The number of nitrogens with one attached hydrogen (secondary N) is 1. The van der Waals surface area contributed by atoms with Crippen LogP contribution in [0.15, 0.2) is 48.5 Å². The molecule has 2 aliphatic rings. The van der Waals surface area contributed by atoms with Gasteiger partial charge in [0.25, 0.3) is 0 Å². The Bertz CT molecular complexity index is 1240. The van der Waals surface area contributed by atoms with Gasteiger partial charge in [-0.1, -0.05) is 47.5 Å². The highest BCUT2D eigenvalue weighted by Crippen LogP contribution is 2.59. The summed E-state index contributed by atoms with van der Waals surface area (Å²) in [6.45, 7) is 5.43. The van der Waals surface area contributed by atoms with E-state index in [1.807, 2.05) is 61.0 Å². The van der Waals surface area contributed by atoms with Gasteiger partial charge in [-0.25, -0.2) is 0 Å². The number of pyridine rings is 1. The van der Waals surface area contributed by atoms with Crippen LogP contribution in [0.3, 0.4) is 0 Å². The zero-order chi connectivity index (χ0) is 23.9. The summed E-state index contributed by atoms with van der Waals surface area (Å²) < 4.78 is 0. The molecule has 2 heterocycles. The van der Waals surface area contributed by atoms with Crippen LogP contribution in [-0.2, 0) is 5.41 Å². The van der Waals surface area contributed by atoms with Crippen LogP contribution in [0.4, 0.5) is 0 Å². The van der Waals surface area contributed by atoms with Crippen molar-refractivity contribution in [1.82, 2.24) is 14.8 Å². The maximum absolute atomic E-state index is 8.71. The Hall–Kier alpha value is -1.50. The van der Waals surface area contributed by atoms with Crippen LogP contribution >= 0.6 is 47.4 Å². The minimum atomic E-state index is 0. The molecule has 1 aliphatic heterocycles. The molecule has 1 aromatic heterocycles. The maximum atomic E-state index is 8.71. The Labute approximate surface area is 228 Å². The lowest BCUT2D eigenvalue weighted by molar-refractivity contribution is 0.299. The number of benzene rings is 2. The van der Waals surface area contributed by atoms with E-state index in [0.717, 1.165) is 59.2 Å². The number of likely N-dealkylation sites (tertiary alicyclic amines) is 1. The molecule has 0 spiro atoms. The summed E-state index contributed by atoms with van der Waals surface area (Å²) in [5.41, 5.74) is 4.53. The van der Waals surface area contributed by atoms with Gasteiger partial charge in [-0.05, 0) is 67.8 Å². The molecule has 4 nitrogen and oxygen atoms in total. The Morgan fingerprint density at radius 1 is 1.20 bits per heavy atom. The van der Waals surface area contributed by atoms with Crippen LogP contribution in [-0.4, -0.2) is 58.9 Å². The van der Waals surface area contributed by atoms with E-state index in [1.165, 1.54) is 18.5 Å². The minimum Gasteiger partial charge on any atom is -0.350 e. The second kappa shape index (κ2) is 10.9. The first kappa shape index (κ1) is 26.6. The van der Waals surface area contributed by atoms with Crippen molar-refractivity contribution in [2.75, 3.05) is 38.3 Å². The number of amidine groups is 1. The number of rotatable bonds is 8. The average Bonchev–Trinajstić information content (AvgIpc) is 3.40. The number of fused-ring (bicyclic) bond motifs is 2. The summed E-state index contributed by atoms with van der Waals surface area (Å²) >= 11 is 14.3. The lowest BCUT2D eigenvalue weighted by Crippen LogP contribution is -2.28. The predicted molar refractivity (Wildman–Crippen MR) is 153 cm³/mol. The molecule has 35 heavy (non-hydrogen) atoms. The minimum absolute atomic E-state index is 0. The first-order chi connectivity index (χ1) is 16.4. The third kappa shape index (κ3) is 5.45. The van der Waals surface area contributed by atoms with Crippen LogP contribution in [0.5, 0.6) is 0 Å². The number of thioether (sulfide) groups is 1. The summed E-state index contributed by atoms with van der Waals surface area (Å²) in [7, 11) is 2.00. The number of hydrogen-bond donors (Lipinski definition) is 1. The highest BCUT2D eigenvalue weighted by molar-refractivity contribution is 7.99. The summed E-state index contributed by atoms with van der Waals surface area (Å²) in [5, 5.41) is 11.0. The molecule has 2 fully saturated rings. The zero-order valence-electron chi connectivity index (χ0n) is 20.1. The van der Waals surface area contributed by atoms with E-state index in [-0.39, 0.29) is 12.4 Å². The van der Waals surface area contributed by atoms with Gasteiger partial charge in [-0.3, -0.25) is 10.4 Å². The Balaban J connectivity index is 0.00000289. The number of aromatic nitrogens is 1. The van der Waals surface area contributed by atoms with Crippen molar-refractivity contribution in [3.05, 3.63) is 75.4 Å². The lowest BCUT2D eigenvalue weighted by atomic mass is 9.95. The normalized spacial score (nSPS) is 21.0. The third-order valence-corrected chi connectivity index (χ3v) is 9.15. The molecule has 2 atom stereocenters. The van der Waals surface area contributed by atoms with E-state index in [4.69, 9.17) is 28.6 Å². The molecular weight excluding hydrogens is 519 g/mol. The largest absolute Gasteiger partial charge is 0.350 e. The van der Waals surface area contributed by atoms with Gasteiger partial charge in [-0.2, -0.15) is 0 Å². The van der Waals surface area contributed by atoms with Crippen molar-refractivity contribution >= 4 is 64.1 Å². The standard InChI is InChI=1S/C27H30Cl2N4S.ClH/c1-18-7-9-21-22(5-3-6-25(21)31-18)26(30)32(2)17-34-12-4-11-33-15-20-14-27(20,16-33)19-8-10-23(28)24(29)13-19;/h3,5-10,13,20,30H,4,11-12,14-17H2,1-2H3;1H/t20-,27+;/m1./s1. The molecule has 0 amide bonds. The molecule has 0 radical (unpaired) electrons. The molecule has 1 N–H and O–H groups in total. The summed E-state index contributed by atoms with van der Waals surface area (Å²) in [6.07, 6.45) is 2.43. The first-order valence-electron chi connectivity index (χ1n) is 11.8. The highest BCUT2D eigenvalue weighted by atomic mass is 35.5. The lowest BCUT2D eigenvalue weighted by Gasteiger charge is -2.22. The van der Waals surface area contributed by atoms with Gasteiger partial charge in [0.1, 0.15) is 5.84 Å². The van der Waals surface area contributed by atoms with Crippen molar-refractivity contribution in [2.24, 2.45) is 5.92 Å². The van der Waals surface area contributed by atoms with Gasteiger partial charge in [0.15, 0.2) is 0 Å². The third-order valence-electron chi connectivity index (χ3n) is 7.27. The van der Waals surface area contributed by atoms with Gasteiger partial charge in [0.2, 0.25) is 0 Å². The van der Waals surface area contributed by atoms with E-state index in [9.17, 15) is 0 Å². The molecule has 0 unspecified atom stereocenters. The van der Waals surface area contributed by atoms with E-state index < -0.39 is 0 Å². The molecule has 3 aromatic rings. The van der Waals surface area contributed by atoms with Crippen molar-refractivity contribution in [3.8, 4) is 0 Å². The summed E-state index contributed by atoms with van der Waals surface area (Å²) in [5.74, 6) is 3.20. The van der Waals surface area contributed by atoms with Crippen molar-refractivity contribution < 1.29 is 0 Å². The molecule has 1 saturated carbocycles. The molecule has 5 rings (SSSR count). The van der Waals surface area contributed by atoms with Crippen LogP contribution in [0.25, 0.3) is 10.9 Å². The number of halogens is 3. The molecule has 186 valence electrons. The first-order valence-corrected chi connectivity index (χ1v) is 13.7. The monoisotopic (exact) mass is 548 g/mol. The van der Waals surface area contributed by atoms with Crippen LogP contribution in [0, 0.1) is 18.3 Å². The van der Waals surface area contributed by atoms with Gasteiger partial charge in [0, 0.05) is 42.2 Å². The number of hydrogen-bond acceptors (Lipinski definition) is 4. The molecular formula is C27H31Cl3N4S. The Morgan fingerprint density at radius 3 is 2.83 bits per heavy atom. The second-order valence-corrected chi connectivity index (χ2v) is 11.6. The molecule has 2 aromatic carbocycles. The topological polar surface area (TPSA) is 43.2 Å². The van der Waals surface area contributed by atoms with E-state index in [0.29, 0.717) is 21.3 Å². The summed E-state index contributed by atoms with van der Waals surface area (Å²) in [6, 6.07) is 16.3. The average molecular weight is 550 g/mol. The SMILES string of the molecule is Cc1ccc2c(C(=N)N(C)CSCCCN3C[C@H]4C[C@@]4(c4ccc(Cl)c(Cl)c4)C3)cccc2n1.Cl. The maximum Gasteiger partial charge on any atom is 0.129 e. The highest BCUT2D eigenvalue weighted by Gasteiger charge is 2.60. The van der Waals surface area contributed by atoms with Gasteiger partial charge < -0.3 is 9.80 Å². The van der Waals surface area contributed by atoms with Crippen molar-refractivity contribution in [2.45, 2.75) is 25.2 Å². The van der Waals surface area contributed by atoms with Gasteiger partial charge >= 0.3 is 0 Å². The molecule has 1 saturated heterocycles. The molecule has 0 bridgehead atoms. The number of piperidine rings is 1. The van der Waals surface area contributed by atoms with Crippen molar-refractivity contribution in [3.63, 3.8) is 0 Å². The predicted octanol–water partition coefficient (Wildman–Crippen LogP) is 6.88.